The molecule has 2 heterocycles. The van der Waals surface area contributed by atoms with Crippen molar-refractivity contribution in [2.75, 3.05) is 26.0 Å². The fourth-order valence-electron chi connectivity index (χ4n) is 3.78. The van der Waals surface area contributed by atoms with Crippen molar-refractivity contribution in [3.63, 3.8) is 0 Å². The van der Waals surface area contributed by atoms with Crippen molar-refractivity contribution >= 4 is 34.7 Å². The predicted octanol–water partition coefficient (Wildman–Crippen LogP) is 5.98. The molecule has 0 radical (unpaired) electrons. The maximum Gasteiger partial charge on any atom is 0.263 e. The van der Waals surface area contributed by atoms with E-state index in [1.165, 1.54) is 32.0 Å². The standard InChI is InChI=1S/C24H26N2OS2/c1-15-10-16(2)22-20(11-15)28-14-18-12-21(29-23(18)22)24(27)26(5)13-17-6-8-19(9-7-17)25(3)4/h6-12H,13-14H2,1-5H3. The van der Waals surface area contributed by atoms with Crippen LogP contribution in [0.1, 0.15) is 31.9 Å². The minimum atomic E-state index is 0.0948. The van der Waals surface area contributed by atoms with Gasteiger partial charge in [-0.05, 0) is 60.4 Å². The Morgan fingerprint density at radius 3 is 2.45 bits per heavy atom. The Morgan fingerprint density at radius 2 is 1.76 bits per heavy atom. The quantitative estimate of drug-likeness (QED) is 0.517. The van der Waals surface area contributed by atoms with Crippen LogP contribution in [0.5, 0.6) is 0 Å². The van der Waals surface area contributed by atoms with Gasteiger partial charge < -0.3 is 9.80 Å². The largest absolute Gasteiger partial charge is 0.378 e. The second kappa shape index (κ2) is 7.88. The molecule has 0 N–H and O–H groups in total. The number of aryl methyl sites for hydroxylation is 2. The number of hydrogen-bond acceptors (Lipinski definition) is 4. The van der Waals surface area contributed by atoms with E-state index >= 15 is 0 Å². The molecule has 0 saturated carbocycles. The fourth-order valence-corrected chi connectivity index (χ4v) is 6.45. The second-order valence-corrected chi connectivity index (χ2v) is 10.0. The summed E-state index contributed by atoms with van der Waals surface area (Å²) in [5.74, 6) is 1.03. The fraction of sp³-hybridized carbons (Fsp3) is 0.292. The van der Waals surface area contributed by atoms with E-state index in [9.17, 15) is 4.79 Å². The van der Waals surface area contributed by atoms with Crippen molar-refractivity contribution in [3.8, 4) is 10.4 Å². The summed E-state index contributed by atoms with van der Waals surface area (Å²) in [6.45, 7) is 4.93. The SMILES string of the molecule is Cc1cc(C)c2c(c1)SCc1cc(C(=O)N(C)Cc3ccc(N(C)C)cc3)sc1-2. The first-order chi connectivity index (χ1) is 13.8. The van der Waals surface area contributed by atoms with E-state index in [2.05, 4.69) is 61.2 Å². The van der Waals surface area contributed by atoms with Crippen molar-refractivity contribution < 1.29 is 4.79 Å². The highest BCUT2D eigenvalue weighted by molar-refractivity contribution is 7.98. The maximum atomic E-state index is 13.1. The molecule has 1 aromatic heterocycles. The van der Waals surface area contributed by atoms with Crippen molar-refractivity contribution in [2.45, 2.75) is 31.0 Å². The number of benzene rings is 2. The molecule has 29 heavy (non-hydrogen) atoms. The van der Waals surface area contributed by atoms with Crippen LogP contribution in [0, 0.1) is 13.8 Å². The van der Waals surface area contributed by atoms with Crippen LogP contribution in [-0.4, -0.2) is 32.0 Å². The van der Waals surface area contributed by atoms with Gasteiger partial charge in [-0.15, -0.1) is 23.1 Å². The van der Waals surface area contributed by atoms with Crippen LogP contribution >= 0.6 is 23.1 Å². The lowest BCUT2D eigenvalue weighted by Crippen LogP contribution is -2.25. The van der Waals surface area contributed by atoms with Gasteiger partial charge in [-0.1, -0.05) is 18.2 Å². The molecule has 4 rings (SSSR count). The molecule has 2 aromatic carbocycles. The lowest BCUT2D eigenvalue weighted by molar-refractivity contribution is 0.0790. The van der Waals surface area contributed by atoms with Gasteiger partial charge in [0, 0.05) is 54.5 Å². The molecule has 0 atom stereocenters. The Labute approximate surface area is 181 Å². The molecule has 1 amide bonds. The number of hydrogen-bond donors (Lipinski definition) is 0. The van der Waals surface area contributed by atoms with Crippen molar-refractivity contribution in [1.29, 1.82) is 0 Å². The molecule has 0 saturated heterocycles. The summed E-state index contributed by atoms with van der Waals surface area (Å²) in [5.41, 5.74) is 7.49. The highest BCUT2D eigenvalue weighted by Crippen LogP contribution is 2.47. The predicted molar refractivity (Wildman–Crippen MR) is 125 cm³/mol. The summed E-state index contributed by atoms with van der Waals surface area (Å²) in [6.07, 6.45) is 0. The molecule has 0 aliphatic carbocycles. The molecule has 1 aliphatic heterocycles. The molecular weight excluding hydrogens is 396 g/mol. The van der Waals surface area contributed by atoms with Gasteiger partial charge in [0.2, 0.25) is 0 Å². The summed E-state index contributed by atoms with van der Waals surface area (Å²) in [5, 5.41) is 0. The first-order valence-electron chi connectivity index (χ1n) is 9.72. The normalized spacial score (nSPS) is 12.3. The minimum Gasteiger partial charge on any atom is -0.378 e. The third kappa shape index (κ3) is 3.94. The van der Waals surface area contributed by atoms with Crippen LogP contribution in [-0.2, 0) is 12.3 Å². The smallest absolute Gasteiger partial charge is 0.263 e. The average molecular weight is 423 g/mol. The van der Waals surface area contributed by atoms with Crippen LogP contribution in [0.4, 0.5) is 5.69 Å². The summed E-state index contributed by atoms with van der Waals surface area (Å²) < 4.78 is 0. The van der Waals surface area contributed by atoms with Crippen molar-refractivity contribution in [2.24, 2.45) is 0 Å². The van der Waals surface area contributed by atoms with Crippen molar-refractivity contribution in [3.05, 3.63) is 69.6 Å². The van der Waals surface area contributed by atoms with Gasteiger partial charge in [0.25, 0.3) is 5.91 Å². The number of amides is 1. The number of thiophene rings is 1. The Bertz CT molecular complexity index is 1070. The van der Waals surface area contributed by atoms with Gasteiger partial charge >= 0.3 is 0 Å². The molecular formula is C24H26N2OS2. The van der Waals surface area contributed by atoms with Crippen LogP contribution in [0.25, 0.3) is 10.4 Å². The Morgan fingerprint density at radius 1 is 1.03 bits per heavy atom. The lowest BCUT2D eigenvalue weighted by atomic mass is 10.0. The first-order valence-corrected chi connectivity index (χ1v) is 11.5. The molecule has 1 aliphatic rings. The van der Waals surface area contributed by atoms with Crippen LogP contribution in [0.15, 0.2) is 47.4 Å². The monoisotopic (exact) mass is 422 g/mol. The Kier molecular flexibility index (Phi) is 5.45. The number of fused-ring (bicyclic) bond motifs is 3. The number of anilines is 1. The summed E-state index contributed by atoms with van der Waals surface area (Å²) in [4.78, 5) is 20.4. The van der Waals surface area contributed by atoms with Crippen molar-refractivity contribution in [1.82, 2.24) is 4.90 Å². The van der Waals surface area contributed by atoms with Crippen LogP contribution in [0.3, 0.4) is 0 Å². The Balaban J connectivity index is 1.56. The maximum absolute atomic E-state index is 13.1. The number of thioether (sulfide) groups is 1. The molecule has 0 bridgehead atoms. The Hall–Kier alpha value is -2.24. The number of carbonyl (C=O) groups is 1. The zero-order valence-electron chi connectivity index (χ0n) is 17.6. The topological polar surface area (TPSA) is 23.6 Å². The van der Waals surface area contributed by atoms with E-state index in [-0.39, 0.29) is 5.91 Å². The van der Waals surface area contributed by atoms with E-state index in [0.717, 1.165) is 21.9 Å². The van der Waals surface area contributed by atoms with E-state index < -0.39 is 0 Å². The minimum absolute atomic E-state index is 0.0948. The molecule has 0 unspecified atom stereocenters. The summed E-state index contributed by atoms with van der Waals surface area (Å²) >= 11 is 3.52. The van der Waals surface area contributed by atoms with Gasteiger partial charge in [-0.2, -0.15) is 0 Å². The van der Waals surface area contributed by atoms with E-state index in [1.54, 1.807) is 11.3 Å². The highest BCUT2D eigenvalue weighted by Gasteiger charge is 2.25. The van der Waals surface area contributed by atoms with Gasteiger partial charge in [0.05, 0.1) is 4.88 Å². The molecule has 0 spiro atoms. The van der Waals surface area contributed by atoms with E-state index in [0.29, 0.717) is 6.54 Å². The summed E-state index contributed by atoms with van der Waals surface area (Å²) in [6, 6.07) is 15.0. The number of nitrogens with zero attached hydrogens (tertiary/aromatic N) is 2. The zero-order chi connectivity index (χ0) is 20.7. The highest BCUT2D eigenvalue weighted by atomic mass is 32.2. The van der Waals surface area contributed by atoms with E-state index in [1.807, 2.05) is 37.8 Å². The third-order valence-electron chi connectivity index (χ3n) is 5.29. The molecule has 0 fully saturated rings. The zero-order valence-corrected chi connectivity index (χ0v) is 19.2. The molecule has 3 aromatic rings. The third-order valence-corrected chi connectivity index (χ3v) is 7.56. The van der Waals surface area contributed by atoms with Crippen LogP contribution < -0.4 is 4.90 Å². The van der Waals surface area contributed by atoms with Gasteiger partial charge in [-0.3, -0.25) is 4.79 Å². The summed E-state index contributed by atoms with van der Waals surface area (Å²) in [7, 11) is 5.95. The second-order valence-electron chi connectivity index (χ2n) is 7.93. The lowest BCUT2D eigenvalue weighted by Gasteiger charge is -2.18. The molecule has 3 nitrogen and oxygen atoms in total. The number of carbonyl (C=O) groups excluding carboxylic acids is 1. The molecule has 5 heteroatoms. The van der Waals surface area contributed by atoms with Gasteiger partial charge in [-0.25, -0.2) is 0 Å². The van der Waals surface area contributed by atoms with E-state index in [4.69, 9.17) is 0 Å². The number of rotatable bonds is 4. The molecule has 150 valence electrons. The van der Waals surface area contributed by atoms with Crippen LogP contribution in [0.2, 0.25) is 0 Å². The van der Waals surface area contributed by atoms with Gasteiger partial charge in [0.1, 0.15) is 0 Å². The first kappa shape index (κ1) is 20.0. The van der Waals surface area contributed by atoms with Gasteiger partial charge in [0.15, 0.2) is 0 Å². The average Bonchev–Trinajstić information content (AvgIpc) is 3.11.